The van der Waals surface area contributed by atoms with Crippen molar-refractivity contribution in [1.29, 1.82) is 0 Å². The molecule has 1 aromatic heterocycles. The number of thiazole rings is 1. The number of likely N-dealkylation sites (tertiary alicyclic amines) is 1. The summed E-state index contributed by atoms with van der Waals surface area (Å²) in [5, 5.41) is 3.38. The van der Waals surface area contributed by atoms with Crippen molar-refractivity contribution in [3.8, 4) is 0 Å². The Kier molecular flexibility index (Phi) is 5.14. The maximum atomic E-state index is 12.5. The van der Waals surface area contributed by atoms with Crippen molar-refractivity contribution >= 4 is 17.2 Å². The standard InChI is InChI=1S/C17H26N2O2S/c1-12(2)15-11-22-17(18-15)13-5-3-7-19(10-13)16(20)9-14-6-4-8-21-14/h11-14H,3-10H2,1-2H3/t13-,14-/m0/s1. The summed E-state index contributed by atoms with van der Waals surface area (Å²) in [6, 6.07) is 0. The number of rotatable bonds is 4. The first-order chi connectivity index (χ1) is 10.6. The summed E-state index contributed by atoms with van der Waals surface area (Å²) < 4.78 is 5.60. The molecule has 0 aromatic carbocycles. The minimum atomic E-state index is 0.153. The van der Waals surface area contributed by atoms with Crippen molar-refractivity contribution in [2.75, 3.05) is 19.7 Å². The second-order valence-electron chi connectivity index (χ2n) is 6.78. The first kappa shape index (κ1) is 15.9. The summed E-state index contributed by atoms with van der Waals surface area (Å²) in [6.07, 6.45) is 5.07. The maximum Gasteiger partial charge on any atom is 0.225 e. The number of carbonyl (C=O) groups is 1. The molecule has 2 aliphatic rings. The van der Waals surface area contributed by atoms with E-state index < -0.39 is 0 Å². The molecule has 0 unspecified atom stereocenters. The predicted molar refractivity (Wildman–Crippen MR) is 88.3 cm³/mol. The van der Waals surface area contributed by atoms with Gasteiger partial charge in [-0.15, -0.1) is 11.3 Å². The first-order valence-electron chi connectivity index (χ1n) is 8.48. The van der Waals surface area contributed by atoms with Crippen LogP contribution in [0.4, 0.5) is 0 Å². The fourth-order valence-corrected chi connectivity index (χ4v) is 4.40. The lowest BCUT2D eigenvalue weighted by Crippen LogP contribution is -2.40. The van der Waals surface area contributed by atoms with Crippen LogP contribution in [0.3, 0.4) is 0 Å². The summed E-state index contributed by atoms with van der Waals surface area (Å²) >= 11 is 1.76. The lowest BCUT2D eigenvalue weighted by Gasteiger charge is -2.32. The largest absolute Gasteiger partial charge is 0.378 e. The van der Waals surface area contributed by atoms with E-state index in [2.05, 4.69) is 19.2 Å². The van der Waals surface area contributed by atoms with Crippen LogP contribution in [0.15, 0.2) is 5.38 Å². The van der Waals surface area contributed by atoms with Gasteiger partial charge in [-0.2, -0.15) is 0 Å². The van der Waals surface area contributed by atoms with E-state index in [1.54, 1.807) is 11.3 Å². The zero-order chi connectivity index (χ0) is 15.5. The number of piperidine rings is 1. The SMILES string of the molecule is CC(C)c1csc([C@H]2CCCN(C(=O)C[C@@H]3CCCO3)C2)n1. The molecule has 0 spiro atoms. The molecule has 0 aliphatic carbocycles. The van der Waals surface area contributed by atoms with E-state index in [1.807, 2.05) is 4.90 Å². The van der Waals surface area contributed by atoms with Crippen LogP contribution in [0, 0.1) is 0 Å². The molecule has 0 N–H and O–H groups in total. The van der Waals surface area contributed by atoms with Gasteiger partial charge in [0.2, 0.25) is 5.91 Å². The molecule has 5 heteroatoms. The van der Waals surface area contributed by atoms with E-state index in [-0.39, 0.29) is 12.0 Å². The first-order valence-corrected chi connectivity index (χ1v) is 9.36. The summed E-state index contributed by atoms with van der Waals surface area (Å²) in [6.45, 7) is 6.90. The Morgan fingerprint density at radius 2 is 2.32 bits per heavy atom. The van der Waals surface area contributed by atoms with Gasteiger partial charge in [-0.25, -0.2) is 4.98 Å². The fraction of sp³-hybridized carbons (Fsp3) is 0.765. The number of aromatic nitrogens is 1. The molecule has 0 radical (unpaired) electrons. The van der Waals surface area contributed by atoms with Crippen LogP contribution in [-0.2, 0) is 9.53 Å². The summed E-state index contributed by atoms with van der Waals surface area (Å²) in [5.74, 6) is 1.16. The molecule has 1 aromatic rings. The number of carbonyl (C=O) groups excluding carboxylic acids is 1. The highest BCUT2D eigenvalue weighted by atomic mass is 32.1. The van der Waals surface area contributed by atoms with Crippen molar-refractivity contribution in [3.63, 3.8) is 0 Å². The Balaban J connectivity index is 1.59. The summed E-state index contributed by atoms with van der Waals surface area (Å²) in [4.78, 5) is 19.3. The molecule has 22 heavy (non-hydrogen) atoms. The van der Waals surface area contributed by atoms with Crippen LogP contribution in [0.25, 0.3) is 0 Å². The summed E-state index contributed by atoms with van der Waals surface area (Å²) in [7, 11) is 0. The molecule has 2 saturated heterocycles. The van der Waals surface area contributed by atoms with Crippen molar-refractivity contribution in [2.45, 2.75) is 63.9 Å². The minimum Gasteiger partial charge on any atom is -0.378 e. The monoisotopic (exact) mass is 322 g/mol. The van der Waals surface area contributed by atoms with Crippen LogP contribution < -0.4 is 0 Å². The molecule has 122 valence electrons. The van der Waals surface area contributed by atoms with E-state index in [0.29, 0.717) is 18.3 Å². The van der Waals surface area contributed by atoms with E-state index in [0.717, 1.165) is 45.4 Å². The van der Waals surface area contributed by atoms with Gasteiger partial charge in [-0.05, 0) is 31.6 Å². The Bertz CT molecular complexity index is 509. The zero-order valence-electron chi connectivity index (χ0n) is 13.6. The third-order valence-electron chi connectivity index (χ3n) is 4.68. The average Bonchev–Trinajstić information content (AvgIpc) is 3.18. The fourth-order valence-electron chi connectivity index (χ4n) is 3.29. The van der Waals surface area contributed by atoms with Crippen molar-refractivity contribution in [2.24, 2.45) is 0 Å². The van der Waals surface area contributed by atoms with Crippen LogP contribution in [0.2, 0.25) is 0 Å². The van der Waals surface area contributed by atoms with Crippen LogP contribution in [0.5, 0.6) is 0 Å². The average molecular weight is 322 g/mol. The highest BCUT2D eigenvalue weighted by Gasteiger charge is 2.29. The Morgan fingerprint density at radius 3 is 3.00 bits per heavy atom. The Morgan fingerprint density at radius 1 is 1.45 bits per heavy atom. The number of nitrogens with zero attached hydrogens (tertiary/aromatic N) is 2. The van der Waals surface area contributed by atoms with Gasteiger partial charge in [0.15, 0.2) is 0 Å². The molecule has 4 nitrogen and oxygen atoms in total. The molecular formula is C17H26N2O2S. The van der Waals surface area contributed by atoms with Gasteiger partial charge in [-0.3, -0.25) is 4.79 Å². The number of amides is 1. The number of hydrogen-bond donors (Lipinski definition) is 0. The van der Waals surface area contributed by atoms with E-state index in [9.17, 15) is 4.79 Å². The highest BCUT2D eigenvalue weighted by Crippen LogP contribution is 2.31. The van der Waals surface area contributed by atoms with Crippen LogP contribution >= 0.6 is 11.3 Å². The zero-order valence-corrected chi connectivity index (χ0v) is 14.4. The topological polar surface area (TPSA) is 42.4 Å². The van der Waals surface area contributed by atoms with Crippen LogP contribution in [-0.4, -0.2) is 41.6 Å². The van der Waals surface area contributed by atoms with Crippen LogP contribution in [0.1, 0.15) is 68.5 Å². The lowest BCUT2D eigenvalue weighted by atomic mass is 9.98. The van der Waals surface area contributed by atoms with Crippen molar-refractivity contribution < 1.29 is 9.53 Å². The molecule has 2 atom stereocenters. The van der Waals surface area contributed by atoms with Gasteiger partial charge in [0.05, 0.1) is 23.2 Å². The molecule has 2 fully saturated rings. The van der Waals surface area contributed by atoms with E-state index in [1.165, 1.54) is 10.7 Å². The summed E-state index contributed by atoms with van der Waals surface area (Å²) in [5.41, 5.74) is 1.18. The molecule has 0 bridgehead atoms. The molecule has 3 rings (SSSR count). The van der Waals surface area contributed by atoms with Crippen molar-refractivity contribution in [1.82, 2.24) is 9.88 Å². The van der Waals surface area contributed by atoms with E-state index in [4.69, 9.17) is 9.72 Å². The van der Waals surface area contributed by atoms with Gasteiger partial charge in [0.1, 0.15) is 0 Å². The van der Waals surface area contributed by atoms with Gasteiger partial charge >= 0.3 is 0 Å². The second-order valence-corrected chi connectivity index (χ2v) is 7.67. The van der Waals surface area contributed by atoms with E-state index >= 15 is 0 Å². The molecule has 0 saturated carbocycles. The quantitative estimate of drug-likeness (QED) is 0.851. The maximum absolute atomic E-state index is 12.5. The number of hydrogen-bond acceptors (Lipinski definition) is 4. The molecule has 2 aliphatic heterocycles. The van der Waals surface area contributed by atoms with Gasteiger partial charge in [0.25, 0.3) is 0 Å². The predicted octanol–water partition coefficient (Wildman–Crippen LogP) is 3.54. The Hall–Kier alpha value is -0.940. The molecular weight excluding hydrogens is 296 g/mol. The highest BCUT2D eigenvalue weighted by molar-refractivity contribution is 7.09. The third-order valence-corrected chi connectivity index (χ3v) is 5.71. The van der Waals surface area contributed by atoms with Gasteiger partial charge in [0, 0.05) is 31.0 Å². The molecule has 1 amide bonds. The third kappa shape index (κ3) is 3.69. The normalized spacial score (nSPS) is 25.9. The lowest BCUT2D eigenvalue weighted by molar-refractivity contribution is -0.134. The second kappa shape index (κ2) is 7.09. The van der Waals surface area contributed by atoms with Crippen molar-refractivity contribution in [3.05, 3.63) is 16.1 Å². The van der Waals surface area contributed by atoms with Gasteiger partial charge in [-0.1, -0.05) is 13.8 Å². The Labute approximate surface area is 136 Å². The minimum absolute atomic E-state index is 0.153. The van der Waals surface area contributed by atoms with Gasteiger partial charge < -0.3 is 9.64 Å². The smallest absolute Gasteiger partial charge is 0.225 e. The molecule has 3 heterocycles. The number of ether oxygens (including phenoxy) is 1.